The van der Waals surface area contributed by atoms with Crippen LogP contribution in [0.4, 0.5) is 11.5 Å². The van der Waals surface area contributed by atoms with Crippen LogP contribution in [0.15, 0.2) is 47.1 Å². The van der Waals surface area contributed by atoms with E-state index < -0.39 is 22.8 Å². The van der Waals surface area contributed by atoms with Crippen LogP contribution in [0.25, 0.3) is 0 Å². The number of ether oxygens (including phenoxy) is 1. The first-order valence-corrected chi connectivity index (χ1v) is 7.09. The summed E-state index contributed by atoms with van der Waals surface area (Å²) < 4.78 is 6.16. The quantitative estimate of drug-likeness (QED) is 0.648. The van der Waals surface area contributed by atoms with Crippen molar-refractivity contribution >= 4 is 33.3 Å². The summed E-state index contributed by atoms with van der Waals surface area (Å²) in [6.45, 7) is 1.50. The van der Waals surface area contributed by atoms with Gasteiger partial charge in [0.25, 0.3) is 5.91 Å². The van der Waals surface area contributed by atoms with E-state index in [0.29, 0.717) is 5.69 Å². The molecule has 0 saturated heterocycles. The Morgan fingerprint density at radius 3 is 2.86 bits per heavy atom. The summed E-state index contributed by atoms with van der Waals surface area (Å²) in [6, 6.07) is 9.96. The molecule has 0 bridgehead atoms. The summed E-state index contributed by atoms with van der Waals surface area (Å²) in [6.07, 6.45) is 0.374. The number of hydrogen-bond acceptors (Lipinski definition) is 5. The standard InChI is InChI=1S/C14H12BrN3O4/c1-9(14(19)17-11-5-2-4-10(15)8-11)22-12-6-3-7-16-13(12)18(20)21/h2-9H,1H3,(H,17,19)/t9-/m0/s1. The highest BCUT2D eigenvalue weighted by molar-refractivity contribution is 9.10. The maximum atomic E-state index is 12.1. The Hall–Kier alpha value is -2.48. The number of nitro groups is 1. The van der Waals surface area contributed by atoms with Gasteiger partial charge < -0.3 is 20.2 Å². The summed E-state index contributed by atoms with van der Waals surface area (Å²) in [7, 11) is 0. The van der Waals surface area contributed by atoms with Crippen LogP contribution in [0.1, 0.15) is 6.92 Å². The molecule has 7 nitrogen and oxygen atoms in total. The molecule has 1 atom stereocenters. The number of halogens is 1. The smallest absolute Gasteiger partial charge is 0.406 e. The molecule has 0 fully saturated rings. The summed E-state index contributed by atoms with van der Waals surface area (Å²) in [5, 5.41) is 13.5. The van der Waals surface area contributed by atoms with Crippen molar-refractivity contribution in [2.24, 2.45) is 0 Å². The predicted octanol–water partition coefficient (Wildman–Crippen LogP) is 3.16. The highest BCUT2D eigenvalue weighted by Gasteiger charge is 2.21. The molecule has 1 aromatic carbocycles. The van der Waals surface area contributed by atoms with E-state index in [0.717, 1.165) is 4.47 Å². The number of hydrogen-bond donors (Lipinski definition) is 1. The minimum absolute atomic E-state index is 0.0515. The predicted molar refractivity (Wildman–Crippen MR) is 83.8 cm³/mol. The Morgan fingerprint density at radius 2 is 2.18 bits per heavy atom. The van der Waals surface area contributed by atoms with Crippen LogP contribution in [0.3, 0.4) is 0 Å². The number of nitrogens with zero attached hydrogens (tertiary/aromatic N) is 2. The van der Waals surface area contributed by atoms with E-state index in [1.54, 1.807) is 18.2 Å². The molecule has 22 heavy (non-hydrogen) atoms. The second-order valence-electron chi connectivity index (χ2n) is 4.34. The van der Waals surface area contributed by atoms with Crippen LogP contribution >= 0.6 is 15.9 Å². The van der Waals surface area contributed by atoms with E-state index in [4.69, 9.17) is 4.74 Å². The Kier molecular flexibility index (Phi) is 5.05. The van der Waals surface area contributed by atoms with Gasteiger partial charge in [0.2, 0.25) is 5.75 Å². The third kappa shape index (κ3) is 4.01. The Bertz CT molecular complexity index is 708. The maximum Gasteiger partial charge on any atom is 0.406 e. The molecule has 0 aliphatic heterocycles. The Morgan fingerprint density at radius 1 is 1.41 bits per heavy atom. The van der Waals surface area contributed by atoms with Gasteiger partial charge in [-0.15, -0.1) is 0 Å². The molecule has 8 heteroatoms. The maximum absolute atomic E-state index is 12.1. The van der Waals surface area contributed by atoms with Gasteiger partial charge in [-0.1, -0.05) is 22.0 Å². The van der Waals surface area contributed by atoms with Gasteiger partial charge in [-0.2, -0.15) is 0 Å². The molecule has 1 N–H and O–H groups in total. The molecule has 2 aromatic rings. The van der Waals surface area contributed by atoms with Crippen molar-refractivity contribution < 1.29 is 14.5 Å². The number of rotatable bonds is 5. The van der Waals surface area contributed by atoms with Crippen LogP contribution < -0.4 is 10.1 Å². The molecule has 1 aromatic heterocycles. The van der Waals surface area contributed by atoms with Crippen molar-refractivity contribution in [2.45, 2.75) is 13.0 Å². The molecular formula is C14H12BrN3O4. The second kappa shape index (κ2) is 6.99. The average molecular weight is 366 g/mol. The molecule has 1 heterocycles. The van der Waals surface area contributed by atoms with Gasteiger partial charge in [0.1, 0.15) is 6.20 Å². The topological polar surface area (TPSA) is 94.4 Å². The lowest BCUT2D eigenvalue weighted by atomic mass is 10.3. The molecule has 2 rings (SSSR count). The first kappa shape index (κ1) is 15.9. The number of anilines is 1. The van der Waals surface area contributed by atoms with E-state index in [2.05, 4.69) is 26.2 Å². The molecule has 114 valence electrons. The van der Waals surface area contributed by atoms with E-state index in [9.17, 15) is 14.9 Å². The van der Waals surface area contributed by atoms with Gasteiger partial charge in [-0.3, -0.25) is 4.79 Å². The fourth-order valence-corrected chi connectivity index (χ4v) is 2.06. The number of aromatic nitrogens is 1. The summed E-state index contributed by atoms with van der Waals surface area (Å²) in [5.74, 6) is -0.898. The van der Waals surface area contributed by atoms with Crippen molar-refractivity contribution in [1.82, 2.24) is 4.98 Å². The Balaban J connectivity index is 2.07. The van der Waals surface area contributed by atoms with Gasteiger partial charge in [0.15, 0.2) is 6.10 Å². The molecule has 0 aliphatic rings. The normalized spacial score (nSPS) is 11.5. The molecule has 0 spiro atoms. The number of carbonyl (C=O) groups excluding carboxylic acids is 1. The van der Waals surface area contributed by atoms with Crippen molar-refractivity contribution in [2.75, 3.05) is 5.32 Å². The zero-order chi connectivity index (χ0) is 16.1. The molecule has 0 unspecified atom stereocenters. The highest BCUT2D eigenvalue weighted by Crippen LogP contribution is 2.24. The summed E-state index contributed by atoms with van der Waals surface area (Å²) >= 11 is 3.30. The third-order valence-electron chi connectivity index (χ3n) is 2.69. The molecule has 0 aliphatic carbocycles. The zero-order valence-electron chi connectivity index (χ0n) is 11.5. The first-order valence-electron chi connectivity index (χ1n) is 6.30. The molecule has 0 radical (unpaired) electrons. The molecule has 1 amide bonds. The zero-order valence-corrected chi connectivity index (χ0v) is 13.1. The van der Waals surface area contributed by atoms with Crippen LogP contribution in [0.2, 0.25) is 0 Å². The molecule has 0 saturated carbocycles. The number of pyridine rings is 1. The number of nitrogens with one attached hydrogen (secondary N) is 1. The lowest BCUT2D eigenvalue weighted by Crippen LogP contribution is -2.30. The van der Waals surface area contributed by atoms with Crippen LogP contribution in [0.5, 0.6) is 5.75 Å². The van der Waals surface area contributed by atoms with E-state index >= 15 is 0 Å². The summed E-state index contributed by atoms with van der Waals surface area (Å²) in [5.41, 5.74) is 0.593. The lowest BCUT2D eigenvalue weighted by Gasteiger charge is -2.14. The minimum Gasteiger partial charge on any atom is -0.473 e. The van der Waals surface area contributed by atoms with Gasteiger partial charge in [-0.05, 0) is 47.2 Å². The van der Waals surface area contributed by atoms with Gasteiger partial charge in [0, 0.05) is 10.2 Å². The van der Waals surface area contributed by atoms with Crippen molar-refractivity contribution in [3.63, 3.8) is 0 Å². The van der Waals surface area contributed by atoms with Crippen LogP contribution in [-0.4, -0.2) is 21.9 Å². The van der Waals surface area contributed by atoms with Crippen molar-refractivity contribution in [3.05, 3.63) is 57.2 Å². The van der Waals surface area contributed by atoms with Crippen molar-refractivity contribution in [1.29, 1.82) is 0 Å². The highest BCUT2D eigenvalue weighted by atomic mass is 79.9. The molecular weight excluding hydrogens is 354 g/mol. The number of benzene rings is 1. The second-order valence-corrected chi connectivity index (χ2v) is 5.26. The lowest BCUT2D eigenvalue weighted by molar-refractivity contribution is -0.390. The first-order chi connectivity index (χ1) is 10.5. The summed E-state index contributed by atoms with van der Waals surface area (Å²) in [4.78, 5) is 25.9. The minimum atomic E-state index is -0.915. The monoisotopic (exact) mass is 365 g/mol. The fourth-order valence-electron chi connectivity index (χ4n) is 1.67. The van der Waals surface area contributed by atoms with Crippen LogP contribution in [-0.2, 0) is 4.79 Å². The van der Waals surface area contributed by atoms with E-state index in [-0.39, 0.29) is 5.75 Å². The van der Waals surface area contributed by atoms with Gasteiger partial charge >= 0.3 is 5.82 Å². The van der Waals surface area contributed by atoms with Gasteiger partial charge in [0.05, 0.1) is 0 Å². The largest absolute Gasteiger partial charge is 0.473 e. The third-order valence-corrected chi connectivity index (χ3v) is 3.18. The Labute approximate surface area is 134 Å². The van der Waals surface area contributed by atoms with Crippen molar-refractivity contribution in [3.8, 4) is 5.75 Å². The van der Waals surface area contributed by atoms with E-state index in [1.165, 1.54) is 25.3 Å². The average Bonchev–Trinajstić information content (AvgIpc) is 2.47. The van der Waals surface area contributed by atoms with Gasteiger partial charge in [-0.25, -0.2) is 0 Å². The fraction of sp³-hybridized carbons (Fsp3) is 0.143. The van der Waals surface area contributed by atoms with E-state index in [1.807, 2.05) is 6.07 Å². The van der Waals surface area contributed by atoms with Crippen LogP contribution in [0, 0.1) is 10.1 Å². The number of amides is 1. The SMILES string of the molecule is C[C@H](Oc1cccnc1[N+](=O)[O-])C(=O)Nc1cccc(Br)c1. The number of carbonyl (C=O) groups is 1.